The molecule has 26 heavy (non-hydrogen) atoms. The fourth-order valence-corrected chi connectivity index (χ4v) is 2.79. The van der Waals surface area contributed by atoms with E-state index < -0.39 is 0 Å². The minimum atomic E-state index is 0.0605. The van der Waals surface area contributed by atoms with Gasteiger partial charge in [-0.25, -0.2) is 9.97 Å². The highest BCUT2D eigenvalue weighted by molar-refractivity contribution is 6.33. The number of benzene rings is 2. The summed E-state index contributed by atoms with van der Waals surface area (Å²) < 4.78 is 0. The lowest BCUT2D eigenvalue weighted by atomic mass is 10.0. The van der Waals surface area contributed by atoms with Gasteiger partial charge >= 0.3 is 0 Å². The van der Waals surface area contributed by atoms with Gasteiger partial charge in [-0.3, -0.25) is 0 Å². The first-order valence-corrected chi connectivity index (χ1v) is 8.87. The molecule has 1 heterocycles. The first kappa shape index (κ1) is 18.2. The molecule has 0 fully saturated rings. The van der Waals surface area contributed by atoms with Crippen molar-refractivity contribution in [1.82, 2.24) is 9.97 Å². The molecule has 3 rings (SSSR count). The Kier molecular flexibility index (Phi) is 5.71. The quantitative estimate of drug-likeness (QED) is 0.603. The third-order valence-electron chi connectivity index (χ3n) is 4.15. The molecule has 6 heteroatoms. The van der Waals surface area contributed by atoms with Crippen LogP contribution in [0.2, 0.25) is 5.02 Å². The molecule has 5 nitrogen and oxygen atoms in total. The van der Waals surface area contributed by atoms with Gasteiger partial charge in [0, 0.05) is 29.4 Å². The third-order valence-corrected chi connectivity index (χ3v) is 4.48. The second kappa shape index (κ2) is 8.17. The Hall–Kier alpha value is -2.63. The van der Waals surface area contributed by atoms with Gasteiger partial charge in [0.1, 0.15) is 11.6 Å². The molecule has 0 aliphatic carbocycles. The van der Waals surface area contributed by atoms with E-state index in [-0.39, 0.29) is 11.8 Å². The van der Waals surface area contributed by atoms with Gasteiger partial charge in [0.05, 0.1) is 5.56 Å². The highest BCUT2D eigenvalue weighted by Crippen LogP contribution is 2.34. The summed E-state index contributed by atoms with van der Waals surface area (Å²) >= 11 is 6.29. The first-order valence-electron chi connectivity index (χ1n) is 8.49. The van der Waals surface area contributed by atoms with Crippen LogP contribution in [-0.2, 0) is 0 Å². The lowest BCUT2D eigenvalue weighted by Gasteiger charge is -2.12. The van der Waals surface area contributed by atoms with Gasteiger partial charge in [0.25, 0.3) is 0 Å². The van der Waals surface area contributed by atoms with Crippen LogP contribution in [0.25, 0.3) is 22.5 Å². The van der Waals surface area contributed by atoms with Crippen LogP contribution in [0, 0.1) is 0 Å². The van der Waals surface area contributed by atoms with Gasteiger partial charge in [-0.1, -0.05) is 42.8 Å². The van der Waals surface area contributed by atoms with E-state index in [1.165, 1.54) is 0 Å². The van der Waals surface area contributed by atoms with Crippen molar-refractivity contribution in [2.45, 2.75) is 19.4 Å². The van der Waals surface area contributed by atoms with Crippen molar-refractivity contribution in [2.24, 2.45) is 5.73 Å². The van der Waals surface area contributed by atoms with Crippen LogP contribution in [0.15, 0.2) is 54.7 Å². The van der Waals surface area contributed by atoms with Gasteiger partial charge in [-0.15, -0.1) is 0 Å². The van der Waals surface area contributed by atoms with E-state index in [2.05, 4.69) is 15.3 Å². The zero-order valence-corrected chi connectivity index (χ0v) is 15.2. The normalized spacial score (nSPS) is 12.0. The summed E-state index contributed by atoms with van der Waals surface area (Å²) in [6.07, 6.45) is 2.54. The van der Waals surface area contributed by atoms with Crippen LogP contribution in [-0.4, -0.2) is 27.7 Å². The Bertz CT molecular complexity index is 900. The van der Waals surface area contributed by atoms with Crippen molar-refractivity contribution in [3.63, 3.8) is 0 Å². The third kappa shape index (κ3) is 4.12. The summed E-state index contributed by atoms with van der Waals surface area (Å²) in [5, 5.41) is 14.1. The summed E-state index contributed by atoms with van der Waals surface area (Å²) in [5.41, 5.74) is 8.26. The van der Waals surface area contributed by atoms with Crippen LogP contribution >= 0.6 is 11.6 Å². The summed E-state index contributed by atoms with van der Waals surface area (Å²) in [6.45, 7) is 2.66. The fourth-order valence-electron chi connectivity index (χ4n) is 2.54. The molecule has 0 saturated carbocycles. The van der Waals surface area contributed by atoms with E-state index in [4.69, 9.17) is 17.3 Å². The van der Waals surface area contributed by atoms with E-state index in [1.54, 1.807) is 18.3 Å². The molecule has 4 N–H and O–H groups in total. The van der Waals surface area contributed by atoms with Crippen molar-refractivity contribution < 1.29 is 5.11 Å². The highest BCUT2D eigenvalue weighted by atomic mass is 35.5. The highest BCUT2D eigenvalue weighted by Gasteiger charge is 2.12. The molecule has 0 aliphatic heterocycles. The molecular weight excluding hydrogens is 348 g/mol. The second-order valence-electron chi connectivity index (χ2n) is 6.03. The molecule has 0 bridgehead atoms. The van der Waals surface area contributed by atoms with Crippen molar-refractivity contribution in [3.05, 3.63) is 59.8 Å². The zero-order valence-electron chi connectivity index (χ0n) is 14.5. The smallest absolute Gasteiger partial charge is 0.165 e. The Balaban J connectivity index is 1.94. The number of halogens is 1. The van der Waals surface area contributed by atoms with Gasteiger partial charge < -0.3 is 16.2 Å². The Labute approximate surface area is 157 Å². The molecule has 0 saturated heterocycles. The summed E-state index contributed by atoms with van der Waals surface area (Å²) in [5.74, 6) is 1.22. The molecular formula is C20H21ClN4O. The SMILES string of the molecule is CCC(N)CNc1ccnc(-c2cc(-c3ccccc3Cl)ccc2O)n1. The average Bonchev–Trinajstić information content (AvgIpc) is 2.67. The number of hydrogen-bond acceptors (Lipinski definition) is 5. The molecule has 2 aromatic carbocycles. The van der Waals surface area contributed by atoms with Crippen molar-refractivity contribution in [1.29, 1.82) is 0 Å². The monoisotopic (exact) mass is 368 g/mol. The molecule has 0 aliphatic rings. The summed E-state index contributed by atoms with van der Waals surface area (Å²) in [7, 11) is 0. The van der Waals surface area contributed by atoms with E-state index in [0.717, 1.165) is 17.5 Å². The number of hydrogen-bond donors (Lipinski definition) is 3. The Morgan fingerprint density at radius 2 is 1.96 bits per heavy atom. The number of aromatic hydroxyl groups is 1. The molecule has 3 aromatic rings. The van der Waals surface area contributed by atoms with E-state index in [1.807, 2.05) is 43.3 Å². The molecule has 1 aromatic heterocycles. The number of anilines is 1. The van der Waals surface area contributed by atoms with Crippen LogP contribution < -0.4 is 11.1 Å². The Morgan fingerprint density at radius 1 is 1.15 bits per heavy atom. The minimum Gasteiger partial charge on any atom is -0.507 e. The number of nitrogens with zero attached hydrogens (tertiary/aromatic N) is 2. The number of aromatic nitrogens is 2. The zero-order chi connectivity index (χ0) is 18.5. The Morgan fingerprint density at radius 3 is 2.73 bits per heavy atom. The predicted molar refractivity (Wildman–Crippen MR) is 106 cm³/mol. The lowest BCUT2D eigenvalue weighted by molar-refractivity contribution is 0.477. The second-order valence-corrected chi connectivity index (χ2v) is 6.43. The van der Waals surface area contributed by atoms with Gasteiger partial charge in [0.15, 0.2) is 5.82 Å². The van der Waals surface area contributed by atoms with Gasteiger partial charge in [0.2, 0.25) is 0 Å². The molecule has 0 radical (unpaired) electrons. The van der Waals surface area contributed by atoms with Crippen LogP contribution in [0.3, 0.4) is 0 Å². The van der Waals surface area contributed by atoms with Crippen LogP contribution in [0.5, 0.6) is 5.75 Å². The molecule has 1 atom stereocenters. The number of nitrogens with one attached hydrogen (secondary N) is 1. The van der Waals surface area contributed by atoms with E-state index in [0.29, 0.717) is 28.8 Å². The van der Waals surface area contributed by atoms with Crippen LogP contribution in [0.4, 0.5) is 5.82 Å². The minimum absolute atomic E-state index is 0.0605. The predicted octanol–water partition coefficient (Wildman–Crippen LogP) is 4.32. The van der Waals surface area contributed by atoms with E-state index in [9.17, 15) is 5.11 Å². The van der Waals surface area contributed by atoms with Crippen molar-refractivity contribution in [2.75, 3.05) is 11.9 Å². The maximum Gasteiger partial charge on any atom is 0.165 e. The maximum atomic E-state index is 10.3. The number of phenols is 1. The molecule has 0 amide bonds. The summed E-state index contributed by atoms with van der Waals surface area (Å²) in [4.78, 5) is 8.80. The number of nitrogens with two attached hydrogens (primary N) is 1. The van der Waals surface area contributed by atoms with Crippen LogP contribution in [0.1, 0.15) is 13.3 Å². The van der Waals surface area contributed by atoms with Crippen molar-refractivity contribution >= 4 is 17.4 Å². The lowest BCUT2D eigenvalue weighted by Crippen LogP contribution is -2.28. The first-order chi connectivity index (χ1) is 12.6. The topological polar surface area (TPSA) is 84.1 Å². The van der Waals surface area contributed by atoms with Crippen molar-refractivity contribution in [3.8, 4) is 28.3 Å². The fraction of sp³-hybridized carbons (Fsp3) is 0.200. The number of rotatable bonds is 6. The van der Waals surface area contributed by atoms with E-state index >= 15 is 0 Å². The standard InChI is InChI=1S/C20H21ClN4O/c1-2-14(22)12-24-19-9-10-23-20(25-19)16-11-13(7-8-18(16)26)15-5-3-4-6-17(15)21/h3-11,14,26H,2,12,22H2,1H3,(H,23,24,25). The number of phenolic OH excluding ortho intramolecular Hbond substituents is 1. The average molecular weight is 369 g/mol. The van der Waals surface area contributed by atoms with Gasteiger partial charge in [-0.2, -0.15) is 0 Å². The molecule has 134 valence electrons. The molecule has 1 unspecified atom stereocenters. The van der Waals surface area contributed by atoms with Gasteiger partial charge in [-0.05, 0) is 36.2 Å². The molecule has 0 spiro atoms. The summed E-state index contributed by atoms with van der Waals surface area (Å²) in [6, 6.07) is 14.7. The maximum absolute atomic E-state index is 10.3. The largest absolute Gasteiger partial charge is 0.507 e.